The van der Waals surface area contributed by atoms with Gasteiger partial charge in [-0.05, 0) is 43.5 Å². The Hall–Kier alpha value is -3.75. The maximum Gasteiger partial charge on any atom is 0.254 e. The number of halogens is 1. The average Bonchev–Trinajstić information content (AvgIpc) is 3.37. The summed E-state index contributed by atoms with van der Waals surface area (Å²) >= 11 is 0. The summed E-state index contributed by atoms with van der Waals surface area (Å²) < 4.78 is 15.0. The molecule has 2 fully saturated rings. The molecular formula is C22H21FN6O2. The van der Waals surface area contributed by atoms with Gasteiger partial charge in [0, 0.05) is 29.3 Å². The summed E-state index contributed by atoms with van der Waals surface area (Å²) in [6, 6.07) is 8.52. The predicted molar refractivity (Wildman–Crippen MR) is 114 cm³/mol. The number of fused-ring (bicyclic) bond motifs is 1. The van der Waals surface area contributed by atoms with E-state index in [-0.39, 0.29) is 30.1 Å². The van der Waals surface area contributed by atoms with E-state index in [0.717, 1.165) is 24.2 Å². The van der Waals surface area contributed by atoms with Crippen LogP contribution in [0.1, 0.15) is 43.4 Å². The van der Waals surface area contributed by atoms with E-state index < -0.39 is 0 Å². The van der Waals surface area contributed by atoms with Crippen molar-refractivity contribution < 1.29 is 14.0 Å². The van der Waals surface area contributed by atoms with Gasteiger partial charge in [0.1, 0.15) is 17.5 Å². The first-order chi connectivity index (χ1) is 15.0. The Labute approximate surface area is 177 Å². The second kappa shape index (κ2) is 7.50. The zero-order valence-electron chi connectivity index (χ0n) is 16.9. The Morgan fingerprint density at radius 3 is 2.71 bits per heavy atom. The number of nitrogens with zero attached hydrogens (tertiary/aromatic N) is 3. The molecule has 5 rings (SSSR count). The lowest BCUT2D eigenvalue weighted by Crippen LogP contribution is -2.19. The van der Waals surface area contributed by atoms with E-state index in [1.165, 1.54) is 12.1 Å². The molecule has 1 aliphatic heterocycles. The summed E-state index contributed by atoms with van der Waals surface area (Å²) in [5.74, 6) is 0.433. The fraction of sp³-hybridized carbons (Fsp3) is 0.273. The maximum atomic E-state index is 13.3. The van der Waals surface area contributed by atoms with Crippen molar-refractivity contribution >= 4 is 35.2 Å². The van der Waals surface area contributed by atoms with E-state index in [0.29, 0.717) is 28.6 Å². The molecule has 31 heavy (non-hydrogen) atoms. The highest BCUT2D eigenvalue weighted by Gasteiger charge is 2.26. The lowest BCUT2D eigenvalue weighted by molar-refractivity contribution is -0.124. The molecule has 1 saturated carbocycles. The van der Waals surface area contributed by atoms with Gasteiger partial charge in [0.25, 0.3) is 5.91 Å². The lowest BCUT2D eigenvalue weighted by Gasteiger charge is -2.17. The molecule has 8 nitrogen and oxygen atoms in total. The van der Waals surface area contributed by atoms with Crippen LogP contribution in [-0.2, 0) is 9.59 Å². The van der Waals surface area contributed by atoms with Crippen molar-refractivity contribution in [2.24, 2.45) is 0 Å². The van der Waals surface area contributed by atoms with Crippen molar-refractivity contribution in [1.29, 1.82) is 0 Å². The molecule has 3 N–H and O–H groups in total. The van der Waals surface area contributed by atoms with Crippen LogP contribution in [0, 0.1) is 5.82 Å². The third-order valence-electron chi connectivity index (χ3n) is 5.39. The van der Waals surface area contributed by atoms with Crippen LogP contribution in [0.3, 0.4) is 0 Å². The highest BCUT2D eigenvalue weighted by atomic mass is 19.1. The highest BCUT2D eigenvalue weighted by Crippen LogP contribution is 2.29. The first kappa shape index (κ1) is 19.2. The van der Waals surface area contributed by atoms with E-state index in [1.54, 1.807) is 28.9 Å². The van der Waals surface area contributed by atoms with Gasteiger partial charge in [0.05, 0.1) is 12.6 Å². The van der Waals surface area contributed by atoms with Crippen LogP contribution in [0.15, 0.2) is 42.1 Å². The first-order valence-corrected chi connectivity index (χ1v) is 10.2. The van der Waals surface area contributed by atoms with Crippen LogP contribution in [0.2, 0.25) is 0 Å². The summed E-state index contributed by atoms with van der Waals surface area (Å²) in [5, 5.41) is 13.5. The zero-order chi connectivity index (χ0) is 21.5. The zero-order valence-corrected chi connectivity index (χ0v) is 16.9. The number of anilines is 2. The van der Waals surface area contributed by atoms with Crippen molar-refractivity contribution in [2.45, 2.75) is 38.3 Å². The SMILES string of the molecule is C[C@H](Nc1cc(NC2CC2)n2ncc(/C=C3\CC(=O)NC3=O)c2n1)c1ccc(F)cc1. The molecule has 1 aromatic carbocycles. The predicted octanol–water partition coefficient (Wildman–Crippen LogP) is 3.05. The Kier molecular flexibility index (Phi) is 4.65. The Bertz CT molecular complexity index is 1210. The van der Waals surface area contributed by atoms with Crippen LogP contribution in [0.25, 0.3) is 11.7 Å². The van der Waals surface area contributed by atoms with E-state index >= 15 is 0 Å². The van der Waals surface area contributed by atoms with Crippen LogP contribution in [-0.4, -0.2) is 32.5 Å². The summed E-state index contributed by atoms with van der Waals surface area (Å²) in [6.07, 6.45) is 5.53. The molecule has 2 aliphatic rings. The second-order valence-electron chi connectivity index (χ2n) is 7.92. The fourth-order valence-corrected chi connectivity index (χ4v) is 3.56. The number of imide groups is 1. The van der Waals surface area contributed by atoms with Gasteiger partial charge in [-0.3, -0.25) is 14.9 Å². The van der Waals surface area contributed by atoms with Gasteiger partial charge < -0.3 is 10.6 Å². The second-order valence-corrected chi connectivity index (χ2v) is 7.92. The molecule has 0 bridgehead atoms. The number of rotatable bonds is 6. The smallest absolute Gasteiger partial charge is 0.254 e. The topological polar surface area (TPSA) is 100 Å². The van der Waals surface area contributed by atoms with Gasteiger partial charge in [0.15, 0.2) is 5.65 Å². The monoisotopic (exact) mass is 420 g/mol. The molecule has 0 radical (unpaired) electrons. The van der Waals surface area contributed by atoms with Gasteiger partial charge in [-0.2, -0.15) is 9.61 Å². The van der Waals surface area contributed by atoms with Gasteiger partial charge in [-0.25, -0.2) is 9.37 Å². The number of hydrogen-bond donors (Lipinski definition) is 3. The normalized spacial score (nSPS) is 18.5. The number of amides is 2. The summed E-state index contributed by atoms with van der Waals surface area (Å²) in [5.41, 5.74) is 2.53. The third kappa shape index (κ3) is 3.98. The molecule has 1 saturated heterocycles. The number of nitrogens with one attached hydrogen (secondary N) is 3. The van der Waals surface area contributed by atoms with Crippen LogP contribution >= 0.6 is 0 Å². The van der Waals surface area contributed by atoms with Crippen molar-refractivity contribution in [1.82, 2.24) is 19.9 Å². The summed E-state index contributed by atoms with van der Waals surface area (Å²) in [4.78, 5) is 28.2. The summed E-state index contributed by atoms with van der Waals surface area (Å²) in [6.45, 7) is 1.97. The average molecular weight is 420 g/mol. The number of carbonyl (C=O) groups is 2. The van der Waals surface area contributed by atoms with E-state index in [2.05, 4.69) is 21.0 Å². The molecule has 1 aliphatic carbocycles. The number of benzene rings is 1. The van der Waals surface area contributed by atoms with Crippen LogP contribution < -0.4 is 16.0 Å². The van der Waals surface area contributed by atoms with Crippen LogP contribution in [0.4, 0.5) is 16.0 Å². The van der Waals surface area contributed by atoms with Gasteiger partial charge in [-0.1, -0.05) is 12.1 Å². The molecule has 3 aromatic rings. The third-order valence-corrected chi connectivity index (χ3v) is 5.39. The molecular weight excluding hydrogens is 399 g/mol. The molecule has 0 unspecified atom stereocenters. The standard InChI is InChI=1S/C22H21FN6O2/c1-12(13-2-4-16(23)5-3-13)25-18-10-19(26-17-6-7-17)29-21(27-18)15(11-24-29)8-14-9-20(30)28-22(14)31/h2-5,8,10-12,17,26H,6-7,9H2,1H3,(H,25,27)(H,28,30,31)/b14-8+/t12-/m0/s1. The lowest BCUT2D eigenvalue weighted by atomic mass is 10.1. The Morgan fingerprint density at radius 2 is 2.03 bits per heavy atom. The number of aromatic nitrogens is 3. The quantitative estimate of drug-likeness (QED) is 0.419. The minimum Gasteiger partial charge on any atom is -0.367 e. The molecule has 158 valence electrons. The van der Waals surface area contributed by atoms with Crippen molar-refractivity contribution in [3.63, 3.8) is 0 Å². The van der Waals surface area contributed by atoms with Gasteiger partial charge >= 0.3 is 0 Å². The van der Waals surface area contributed by atoms with Gasteiger partial charge in [-0.15, -0.1) is 0 Å². The Morgan fingerprint density at radius 1 is 1.26 bits per heavy atom. The van der Waals surface area contributed by atoms with E-state index in [9.17, 15) is 14.0 Å². The minimum atomic E-state index is -0.389. The molecule has 0 spiro atoms. The van der Waals surface area contributed by atoms with Crippen LogP contribution in [0.5, 0.6) is 0 Å². The highest BCUT2D eigenvalue weighted by molar-refractivity contribution is 6.15. The number of hydrogen-bond acceptors (Lipinski definition) is 6. The molecule has 2 amide bonds. The largest absolute Gasteiger partial charge is 0.367 e. The molecule has 1 atom stereocenters. The van der Waals surface area contributed by atoms with Crippen molar-refractivity contribution in [2.75, 3.05) is 10.6 Å². The molecule has 9 heteroatoms. The first-order valence-electron chi connectivity index (χ1n) is 10.2. The summed E-state index contributed by atoms with van der Waals surface area (Å²) in [7, 11) is 0. The Balaban J connectivity index is 1.52. The van der Waals surface area contributed by atoms with Gasteiger partial charge in [0.2, 0.25) is 5.91 Å². The van der Waals surface area contributed by atoms with E-state index in [1.807, 2.05) is 13.0 Å². The fourth-order valence-electron chi connectivity index (χ4n) is 3.56. The molecule has 2 aromatic heterocycles. The molecule has 3 heterocycles. The number of carbonyl (C=O) groups excluding carboxylic acids is 2. The minimum absolute atomic E-state index is 0.0445. The van der Waals surface area contributed by atoms with Crippen molar-refractivity contribution in [3.05, 3.63) is 59.0 Å². The van der Waals surface area contributed by atoms with Crippen molar-refractivity contribution in [3.8, 4) is 0 Å². The van der Waals surface area contributed by atoms with E-state index in [4.69, 9.17) is 4.98 Å². The maximum absolute atomic E-state index is 13.3.